The van der Waals surface area contributed by atoms with Gasteiger partial charge in [-0.25, -0.2) is 0 Å². The Hall–Kier alpha value is -1.63. The first kappa shape index (κ1) is 15.8. The van der Waals surface area contributed by atoms with Gasteiger partial charge < -0.3 is 20.9 Å². The van der Waals surface area contributed by atoms with E-state index in [-0.39, 0.29) is 18.6 Å². The summed E-state index contributed by atoms with van der Waals surface area (Å²) in [4.78, 5) is 14.1. The minimum atomic E-state index is -0.0531. The van der Waals surface area contributed by atoms with Crippen molar-refractivity contribution < 1.29 is 14.6 Å². The molecular formula is C15H23N3O3. The lowest BCUT2D eigenvalue weighted by molar-refractivity contribution is -0.118. The maximum atomic E-state index is 12.0. The second kappa shape index (κ2) is 7.97. The van der Waals surface area contributed by atoms with Gasteiger partial charge in [-0.2, -0.15) is 0 Å². The summed E-state index contributed by atoms with van der Waals surface area (Å²) in [5, 5.41) is 11.6. The lowest BCUT2D eigenvalue weighted by Gasteiger charge is -2.31. The van der Waals surface area contributed by atoms with E-state index in [2.05, 4.69) is 10.2 Å². The van der Waals surface area contributed by atoms with Crippen LogP contribution in [0.15, 0.2) is 24.3 Å². The summed E-state index contributed by atoms with van der Waals surface area (Å²) in [6.45, 7) is 2.46. The molecule has 4 N–H and O–H groups in total. The van der Waals surface area contributed by atoms with Crippen molar-refractivity contribution in [3.05, 3.63) is 24.3 Å². The summed E-state index contributed by atoms with van der Waals surface area (Å²) in [5.74, 6) is -0.0531. The van der Waals surface area contributed by atoms with Gasteiger partial charge in [-0.15, -0.1) is 0 Å². The van der Waals surface area contributed by atoms with E-state index >= 15 is 0 Å². The molecule has 0 bridgehead atoms. The van der Waals surface area contributed by atoms with Gasteiger partial charge in [-0.3, -0.25) is 9.69 Å². The van der Waals surface area contributed by atoms with Crippen molar-refractivity contribution in [3.63, 3.8) is 0 Å². The maximum absolute atomic E-state index is 12.0. The standard InChI is InChI=1S/C15H23N3O3/c16-13-3-1-2-4-14(13)17-15(20)11-18-7-5-12(6-8-18)21-10-9-19/h1-4,12,19H,5-11,16H2,(H,17,20). The van der Waals surface area contributed by atoms with E-state index in [9.17, 15) is 4.79 Å². The van der Waals surface area contributed by atoms with Crippen LogP contribution in [0.1, 0.15) is 12.8 Å². The Balaban J connectivity index is 1.73. The quantitative estimate of drug-likeness (QED) is 0.671. The van der Waals surface area contributed by atoms with Gasteiger partial charge in [0.05, 0.1) is 37.2 Å². The topological polar surface area (TPSA) is 87.8 Å². The van der Waals surface area contributed by atoms with Crippen LogP contribution in [0.25, 0.3) is 0 Å². The number of amides is 1. The van der Waals surface area contributed by atoms with E-state index in [1.165, 1.54) is 0 Å². The van der Waals surface area contributed by atoms with Gasteiger partial charge in [-0.1, -0.05) is 12.1 Å². The van der Waals surface area contributed by atoms with Crippen molar-refractivity contribution in [2.24, 2.45) is 0 Å². The number of nitrogen functional groups attached to an aromatic ring is 1. The third-order valence-corrected chi connectivity index (χ3v) is 3.58. The number of aliphatic hydroxyl groups is 1. The van der Waals surface area contributed by atoms with Gasteiger partial charge in [-0.05, 0) is 25.0 Å². The molecule has 1 saturated heterocycles. The van der Waals surface area contributed by atoms with Crippen molar-refractivity contribution in [2.75, 3.05) is 43.9 Å². The number of aliphatic hydroxyl groups excluding tert-OH is 1. The van der Waals surface area contributed by atoms with E-state index in [1.807, 2.05) is 12.1 Å². The number of nitrogens with one attached hydrogen (secondary N) is 1. The van der Waals surface area contributed by atoms with Crippen LogP contribution in [0.5, 0.6) is 0 Å². The summed E-state index contributed by atoms with van der Waals surface area (Å²) < 4.78 is 5.50. The lowest BCUT2D eigenvalue weighted by atomic mass is 10.1. The molecule has 1 aliphatic heterocycles. The second-order valence-corrected chi connectivity index (χ2v) is 5.21. The zero-order valence-corrected chi connectivity index (χ0v) is 12.1. The molecule has 1 aromatic carbocycles. The molecule has 1 fully saturated rings. The summed E-state index contributed by atoms with van der Waals surface area (Å²) in [7, 11) is 0. The number of hydrogen-bond donors (Lipinski definition) is 3. The second-order valence-electron chi connectivity index (χ2n) is 5.21. The molecule has 1 amide bonds. The zero-order chi connectivity index (χ0) is 15.1. The van der Waals surface area contributed by atoms with Crippen molar-refractivity contribution in [1.29, 1.82) is 0 Å². The van der Waals surface area contributed by atoms with Crippen LogP contribution < -0.4 is 11.1 Å². The average Bonchev–Trinajstić information content (AvgIpc) is 2.49. The van der Waals surface area contributed by atoms with Crippen LogP contribution in [-0.4, -0.2) is 54.9 Å². The number of piperidine rings is 1. The number of nitrogens with two attached hydrogens (primary N) is 1. The Morgan fingerprint density at radius 3 is 2.76 bits per heavy atom. The third-order valence-electron chi connectivity index (χ3n) is 3.58. The molecule has 21 heavy (non-hydrogen) atoms. The Bertz CT molecular complexity index is 459. The summed E-state index contributed by atoms with van der Waals surface area (Å²) in [6, 6.07) is 7.24. The molecule has 0 unspecified atom stereocenters. The van der Waals surface area contributed by atoms with Crippen LogP contribution in [0.3, 0.4) is 0 Å². The van der Waals surface area contributed by atoms with Crippen molar-refractivity contribution in [2.45, 2.75) is 18.9 Å². The number of carbonyl (C=O) groups excluding carboxylic acids is 1. The monoisotopic (exact) mass is 293 g/mol. The van der Waals surface area contributed by atoms with E-state index in [0.29, 0.717) is 24.5 Å². The number of carbonyl (C=O) groups is 1. The minimum absolute atomic E-state index is 0.0531. The summed E-state index contributed by atoms with van der Waals surface area (Å²) in [5.41, 5.74) is 7.03. The fourth-order valence-electron chi connectivity index (χ4n) is 2.46. The first-order valence-corrected chi connectivity index (χ1v) is 7.28. The number of para-hydroxylation sites is 2. The Morgan fingerprint density at radius 2 is 2.10 bits per heavy atom. The molecule has 116 valence electrons. The van der Waals surface area contributed by atoms with Crippen molar-refractivity contribution in [1.82, 2.24) is 4.90 Å². The van der Waals surface area contributed by atoms with Gasteiger partial charge in [0, 0.05) is 13.1 Å². The highest BCUT2D eigenvalue weighted by atomic mass is 16.5. The predicted molar refractivity (Wildman–Crippen MR) is 82.0 cm³/mol. The van der Waals surface area contributed by atoms with Gasteiger partial charge in [0.1, 0.15) is 0 Å². The van der Waals surface area contributed by atoms with Crippen LogP contribution in [0.4, 0.5) is 11.4 Å². The number of benzene rings is 1. The number of likely N-dealkylation sites (tertiary alicyclic amines) is 1. The normalized spacial score (nSPS) is 16.8. The molecule has 0 radical (unpaired) electrons. The van der Waals surface area contributed by atoms with Crippen LogP contribution in [-0.2, 0) is 9.53 Å². The first-order chi connectivity index (χ1) is 10.2. The fourth-order valence-corrected chi connectivity index (χ4v) is 2.46. The number of ether oxygens (including phenoxy) is 1. The van der Waals surface area contributed by atoms with Gasteiger partial charge in [0.2, 0.25) is 5.91 Å². The molecule has 1 aromatic rings. The highest BCUT2D eigenvalue weighted by molar-refractivity contribution is 5.95. The number of anilines is 2. The van der Waals surface area contributed by atoms with Gasteiger partial charge >= 0.3 is 0 Å². The van der Waals surface area contributed by atoms with E-state index in [0.717, 1.165) is 25.9 Å². The molecule has 2 rings (SSSR count). The van der Waals surface area contributed by atoms with Gasteiger partial charge in [0.15, 0.2) is 0 Å². The van der Waals surface area contributed by atoms with Crippen molar-refractivity contribution >= 4 is 17.3 Å². The zero-order valence-electron chi connectivity index (χ0n) is 12.1. The highest BCUT2D eigenvalue weighted by Crippen LogP contribution is 2.17. The van der Waals surface area contributed by atoms with E-state index in [1.54, 1.807) is 12.1 Å². The molecular weight excluding hydrogens is 270 g/mol. The fraction of sp³-hybridized carbons (Fsp3) is 0.533. The third kappa shape index (κ3) is 5.00. The average molecular weight is 293 g/mol. The summed E-state index contributed by atoms with van der Waals surface area (Å²) >= 11 is 0. The molecule has 0 aromatic heterocycles. The molecule has 1 heterocycles. The smallest absolute Gasteiger partial charge is 0.238 e. The SMILES string of the molecule is Nc1ccccc1NC(=O)CN1CCC(OCCO)CC1. The molecule has 0 aliphatic carbocycles. The molecule has 6 nitrogen and oxygen atoms in total. The Kier molecular flexibility index (Phi) is 5.98. The number of nitrogens with zero attached hydrogens (tertiary/aromatic N) is 1. The Labute approximate surface area is 124 Å². The number of hydrogen-bond acceptors (Lipinski definition) is 5. The largest absolute Gasteiger partial charge is 0.397 e. The molecule has 0 atom stereocenters. The van der Waals surface area contributed by atoms with Crippen LogP contribution in [0, 0.1) is 0 Å². The highest BCUT2D eigenvalue weighted by Gasteiger charge is 2.21. The molecule has 0 saturated carbocycles. The summed E-state index contributed by atoms with van der Waals surface area (Å²) in [6.07, 6.45) is 1.97. The lowest BCUT2D eigenvalue weighted by Crippen LogP contribution is -2.41. The molecule has 6 heteroatoms. The Morgan fingerprint density at radius 1 is 1.38 bits per heavy atom. The van der Waals surface area contributed by atoms with Crippen LogP contribution >= 0.6 is 0 Å². The number of rotatable bonds is 6. The van der Waals surface area contributed by atoms with Crippen molar-refractivity contribution in [3.8, 4) is 0 Å². The molecule has 1 aliphatic rings. The maximum Gasteiger partial charge on any atom is 0.238 e. The van der Waals surface area contributed by atoms with Gasteiger partial charge in [0.25, 0.3) is 0 Å². The predicted octanol–water partition coefficient (Wildman–Crippen LogP) is 0.681. The van der Waals surface area contributed by atoms with Crippen LogP contribution in [0.2, 0.25) is 0 Å². The first-order valence-electron chi connectivity index (χ1n) is 7.28. The van der Waals surface area contributed by atoms with E-state index in [4.69, 9.17) is 15.6 Å². The van der Waals surface area contributed by atoms with E-state index < -0.39 is 0 Å². The minimum Gasteiger partial charge on any atom is -0.397 e. The molecule has 0 spiro atoms.